The molecule has 0 radical (unpaired) electrons. The topological polar surface area (TPSA) is 32.7 Å². The van der Waals surface area contributed by atoms with Crippen LogP contribution in [-0.2, 0) is 4.74 Å². The second-order valence-electron chi connectivity index (χ2n) is 6.84. The highest BCUT2D eigenvalue weighted by molar-refractivity contribution is 4.86. The average Bonchev–Trinajstić information content (AvgIpc) is 2.75. The fourth-order valence-electron chi connectivity index (χ4n) is 3.44. The zero-order valence-corrected chi connectivity index (χ0v) is 12.1. The highest BCUT2D eigenvalue weighted by atomic mass is 16.5. The molecule has 1 aliphatic heterocycles. The van der Waals surface area contributed by atoms with Crippen LogP contribution < -0.4 is 0 Å². The maximum atomic E-state index is 10.4. The van der Waals surface area contributed by atoms with Crippen molar-refractivity contribution < 1.29 is 9.84 Å². The summed E-state index contributed by atoms with van der Waals surface area (Å²) >= 11 is 0. The number of nitrogens with zero attached hydrogens (tertiary/aromatic N) is 1. The van der Waals surface area contributed by atoms with E-state index in [9.17, 15) is 5.11 Å². The maximum absolute atomic E-state index is 10.4. The van der Waals surface area contributed by atoms with Gasteiger partial charge in [-0.1, -0.05) is 19.8 Å². The van der Waals surface area contributed by atoms with Gasteiger partial charge < -0.3 is 14.7 Å². The highest BCUT2D eigenvalue weighted by Gasteiger charge is 2.32. The van der Waals surface area contributed by atoms with E-state index in [1.54, 1.807) is 0 Å². The number of hydrogen-bond donors (Lipinski definition) is 1. The third-order valence-electron chi connectivity index (χ3n) is 4.84. The highest BCUT2D eigenvalue weighted by Crippen LogP contribution is 2.33. The van der Waals surface area contributed by atoms with Crippen LogP contribution in [0.25, 0.3) is 0 Å². The minimum Gasteiger partial charge on any atom is -0.390 e. The van der Waals surface area contributed by atoms with Crippen LogP contribution in [-0.4, -0.2) is 49.0 Å². The molecule has 0 amide bonds. The van der Waals surface area contributed by atoms with E-state index in [0.717, 1.165) is 45.6 Å². The summed E-state index contributed by atoms with van der Waals surface area (Å²) < 4.78 is 5.45. The van der Waals surface area contributed by atoms with Gasteiger partial charge in [0.15, 0.2) is 0 Å². The van der Waals surface area contributed by atoms with Crippen LogP contribution in [0.4, 0.5) is 0 Å². The molecule has 3 nitrogen and oxygen atoms in total. The molecule has 0 aromatic carbocycles. The lowest BCUT2D eigenvalue weighted by atomic mass is 9.82. The molecule has 0 aromatic heterocycles. The molecule has 0 unspecified atom stereocenters. The van der Waals surface area contributed by atoms with Gasteiger partial charge in [-0.2, -0.15) is 0 Å². The molecule has 2 fully saturated rings. The molecule has 1 heterocycles. The fourth-order valence-corrected chi connectivity index (χ4v) is 3.44. The Bertz CT molecular complexity index is 255. The van der Waals surface area contributed by atoms with Crippen LogP contribution in [0.1, 0.15) is 51.9 Å². The van der Waals surface area contributed by atoms with Gasteiger partial charge in [-0.05, 0) is 44.6 Å². The normalized spacial score (nSPS) is 26.7. The minimum absolute atomic E-state index is 0.356. The van der Waals surface area contributed by atoms with Crippen molar-refractivity contribution in [3.8, 4) is 0 Å². The number of rotatable bonds is 5. The van der Waals surface area contributed by atoms with E-state index in [1.165, 1.54) is 25.7 Å². The summed E-state index contributed by atoms with van der Waals surface area (Å²) in [4.78, 5) is 2.40. The summed E-state index contributed by atoms with van der Waals surface area (Å²) in [6, 6.07) is 0. The largest absolute Gasteiger partial charge is 0.390 e. The Morgan fingerprint density at radius 2 is 1.72 bits per heavy atom. The Hall–Kier alpha value is -0.120. The molecule has 1 aliphatic carbocycles. The van der Waals surface area contributed by atoms with Gasteiger partial charge in [-0.25, -0.2) is 0 Å². The Kier molecular flexibility index (Phi) is 4.68. The Morgan fingerprint density at radius 1 is 1.11 bits per heavy atom. The summed E-state index contributed by atoms with van der Waals surface area (Å²) in [5, 5.41) is 10.4. The van der Waals surface area contributed by atoms with Crippen molar-refractivity contribution in [2.24, 2.45) is 5.41 Å². The molecule has 1 saturated heterocycles. The van der Waals surface area contributed by atoms with Gasteiger partial charge in [0.2, 0.25) is 0 Å². The Balaban J connectivity index is 1.72. The third kappa shape index (κ3) is 3.94. The van der Waals surface area contributed by atoms with Crippen LogP contribution in [0.2, 0.25) is 0 Å². The quantitative estimate of drug-likeness (QED) is 0.819. The first-order valence-corrected chi connectivity index (χ1v) is 7.50. The maximum Gasteiger partial charge on any atom is 0.0660 e. The zero-order valence-electron chi connectivity index (χ0n) is 12.1. The Labute approximate surface area is 112 Å². The van der Waals surface area contributed by atoms with Crippen molar-refractivity contribution in [2.45, 2.75) is 57.5 Å². The molecule has 18 heavy (non-hydrogen) atoms. The third-order valence-corrected chi connectivity index (χ3v) is 4.84. The summed E-state index contributed by atoms with van der Waals surface area (Å²) in [7, 11) is 2.19. The van der Waals surface area contributed by atoms with Gasteiger partial charge in [0.05, 0.1) is 5.60 Å². The molecule has 2 aliphatic rings. The monoisotopic (exact) mass is 255 g/mol. The van der Waals surface area contributed by atoms with Gasteiger partial charge >= 0.3 is 0 Å². The zero-order chi connectivity index (χ0) is 13.1. The van der Waals surface area contributed by atoms with Crippen molar-refractivity contribution in [3.63, 3.8) is 0 Å². The van der Waals surface area contributed by atoms with Crippen LogP contribution in [0, 0.1) is 5.41 Å². The minimum atomic E-state index is -0.356. The van der Waals surface area contributed by atoms with Crippen LogP contribution >= 0.6 is 0 Å². The SMILES string of the molecule is CN(CCC1(O)CCCC1)CC1(C)CCOCC1. The summed E-state index contributed by atoms with van der Waals surface area (Å²) in [5.41, 5.74) is 0.0517. The number of aliphatic hydroxyl groups is 1. The van der Waals surface area contributed by atoms with Crippen molar-refractivity contribution in [2.75, 3.05) is 33.4 Å². The van der Waals surface area contributed by atoms with Crippen molar-refractivity contribution >= 4 is 0 Å². The van der Waals surface area contributed by atoms with E-state index in [1.807, 2.05) is 0 Å². The number of hydrogen-bond acceptors (Lipinski definition) is 3. The van der Waals surface area contributed by atoms with E-state index < -0.39 is 0 Å². The summed E-state index contributed by atoms with van der Waals surface area (Å²) in [6.45, 7) is 6.35. The van der Waals surface area contributed by atoms with Gasteiger partial charge in [0.25, 0.3) is 0 Å². The van der Waals surface area contributed by atoms with Crippen LogP contribution in [0.15, 0.2) is 0 Å². The Morgan fingerprint density at radius 3 is 2.33 bits per heavy atom. The van der Waals surface area contributed by atoms with E-state index >= 15 is 0 Å². The summed E-state index contributed by atoms with van der Waals surface area (Å²) in [5.74, 6) is 0. The lowest BCUT2D eigenvalue weighted by molar-refractivity contribution is -0.00153. The lowest BCUT2D eigenvalue weighted by Crippen LogP contribution is -2.40. The fraction of sp³-hybridized carbons (Fsp3) is 1.00. The molecule has 2 rings (SSSR count). The van der Waals surface area contributed by atoms with E-state index in [-0.39, 0.29) is 5.60 Å². The van der Waals surface area contributed by atoms with Crippen molar-refractivity contribution in [3.05, 3.63) is 0 Å². The first-order chi connectivity index (χ1) is 8.52. The molecule has 1 N–H and O–H groups in total. The second-order valence-corrected chi connectivity index (χ2v) is 6.84. The van der Waals surface area contributed by atoms with Crippen LogP contribution in [0.5, 0.6) is 0 Å². The molecule has 0 atom stereocenters. The first kappa shape index (κ1) is 14.3. The molecule has 106 valence electrons. The van der Waals surface area contributed by atoms with E-state index in [4.69, 9.17) is 4.74 Å². The molecule has 0 aromatic rings. The van der Waals surface area contributed by atoms with E-state index in [0.29, 0.717) is 5.41 Å². The van der Waals surface area contributed by atoms with Gasteiger partial charge in [0.1, 0.15) is 0 Å². The van der Waals surface area contributed by atoms with Crippen LogP contribution in [0.3, 0.4) is 0 Å². The van der Waals surface area contributed by atoms with Gasteiger partial charge in [-0.15, -0.1) is 0 Å². The van der Waals surface area contributed by atoms with Crippen molar-refractivity contribution in [1.29, 1.82) is 0 Å². The van der Waals surface area contributed by atoms with Gasteiger partial charge in [-0.3, -0.25) is 0 Å². The standard InChI is InChI=1S/C15H29NO2/c1-14(8-11-18-12-9-14)13-16(2)10-7-15(17)5-3-4-6-15/h17H,3-13H2,1-2H3. The molecule has 1 saturated carbocycles. The van der Waals surface area contributed by atoms with Gasteiger partial charge in [0, 0.05) is 26.3 Å². The smallest absolute Gasteiger partial charge is 0.0660 e. The molecular weight excluding hydrogens is 226 g/mol. The second kappa shape index (κ2) is 5.89. The predicted octanol–water partition coefficient (Wildman–Crippen LogP) is 2.43. The van der Waals surface area contributed by atoms with E-state index in [2.05, 4.69) is 18.9 Å². The summed E-state index contributed by atoms with van der Waals surface area (Å²) in [6.07, 6.45) is 7.70. The molecule has 0 spiro atoms. The molecular formula is C15H29NO2. The predicted molar refractivity (Wildman–Crippen MR) is 73.7 cm³/mol. The first-order valence-electron chi connectivity index (χ1n) is 7.50. The van der Waals surface area contributed by atoms with Crippen molar-refractivity contribution in [1.82, 2.24) is 4.90 Å². The molecule has 0 bridgehead atoms. The lowest BCUT2D eigenvalue weighted by Gasteiger charge is -2.37. The average molecular weight is 255 g/mol. The molecule has 3 heteroatoms. The number of ether oxygens (including phenoxy) is 1.